The lowest BCUT2D eigenvalue weighted by atomic mass is 9.78. The van der Waals surface area contributed by atoms with E-state index < -0.39 is 0 Å². The fourth-order valence-electron chi connectivity index (χ4n) is 5.48. The van der Waals surface area contributed by atoms with Crippen molar-refractivity contribution in [2.45, 2.75) is 38.8 Å². The first-order valence-electron chi connectivity index (χ1n) is 12.1. The van der Waals surface area contributed by atoms with Crippen LogP contribution in [0.25, 0.3) is 11.1 Å². The maximum Gasteiger partial charge on any atom is 0.407 e. The number of ether oxygens (including phenoxy) is 4. The number of nitrogens with zero attached hydrogens (tertiary/aromatic N) is 1. The minimum absolute atomic E-state index is 0.0187. The number of amides is 1. The molecular formula is C27H34N2O5. The van der Waals surface area contributed by atoms with Gasteiger partial charge in [-0.25, -0.2) is 4.79 Å². The second-order valence-electron chi connectivity index (χ2n) is 10.3. The Morgan fingerprint density at radius 2 is 1.88 bits per heavy atom. The highest BCUT2D eigenvalue weighted by molar-refractivity contribution is 5.74. The van der Waals surface area contributed by atoms with Crippen molar-refractivity contribution < 1.29 is 23.7 Å². The van der Waals surface area contributed by atoms with Gasteiger partial charge in [0.1, 0.15) is 23.4 Å². The topological polar surface area (TPSA) is 69.3 Å². The van der Waals surface area contributed by atoms with E-state index in [9.17, 15) is 4.79 Å². The Kier molecular flexibility index (Phi) is 6.06. The molecule has 34 heavy (non-hydrogen) atoms. The van der Waals surface area contributed by atoms with Crippen molar-refractivity contribution in [1.29, 1.82) is 0 Å². The SMILES string of the molecule is COc1ccc(-c2ccc3c(c2)OCC(C)(C)C3NC(=O)O[C@@H]2CN3CCC2CC3)c(OC)c1. The van der Waals surface area contributed by atoms with Gasteiger partial charge in [0.05, 0.1) is 26.9 Å². The lowest BCUT2D eigenvalue weighted by Crippen LogP contribution is -2.53. The van der Waals surface area contributed by atoms with Crippen molar-refractivity contribution in [3.05, 3.63) is 42.0 Å². The van der Waals surface area contributed by atoms with E-state index in [2.05, 4.69) is 24.1 Å². The Balaban J connectivity index is 1.37. The molecule has 1 unspecified atom stereocenters. The van der Waals surface area contributed by atoms with E-state index in [4.69, 9.17) is 18.9 Å². The third kappa shape index (κ3) is 4.29. The maximum absolute atomic E-state index is 13.0. The van der Waals surface area contributed by atoms with Crippen LogP contribution >= 0.6 is 0 Å². The first kappa shape index (κ1) is 22.8. The van der Waals surface area contributed by atoms with Crippen LogP contribution in [0.4, 0.5) is 4.79 Å². The Hall–Kier alpha value is -2.93. The molecule has 2 atom stereocenters. The summed E-state index contributed by atoms with van der Waals surface area (Å²) < 4.78 is 23.0. The van der Waals surface area contributed by atoms with Gasteiger partial charge in [0.2, 0.25) is 0 Å². The summed E-state index contributed by atoms with van der Waals surface area (Å²) in [6, 6.07) is 11.6. The minimum Gasteiger partial charge on any atom is -0.497 e. The Labute approximate surface area is 201 Å². The summed E-state index contributed by atoms with van der Waals surface area (Å²) in [6.45, 7) is 7.79. The lowest BCUT2D eigenvalue weighted by Gasteiger charge is -2.44. The summed E-state index contributed by atoms with van der Waals surface area (Å²) in [6.07, 6.45) is 1.86. The molecule has 3 fully saturated rings. The number of alkyl carbamates (subject to hydrolysis) is 1. The zero-order valence-corrected chi connectivity index (χ0v) is 20.4. The van der Waals surface area contributed by atoms with Crippen LogP contribution in [-0.4, -0.2) is 57.6 Å². The van der Waals surface area contributed by atoms with E-state index in [0.29, 0.717) is 12.5 Å². The molecule has 4 aliphatic heterocycles. The third-order valence-corrected chi connectivity index (χ3v) is 7.54. The first-order valence-corrected chi connectivity index (χ1v) is 12.1. The number of carbonyl (C=O) groups excluding carboxylic acids is 1. The van der Waals surface area contributed by atoms with Crippen LogP contribution in [0.1, 0.15) is 38.3 Å². The molecule has 0 saturated carbocycles. The fourth-order valence-corrected chi connectivity index (χ4v) is 5.48. The summed E-state index contributed by atoms with van der Waals surface area (Å²) in [5, 5.41) is 3.17. The summed E-state index contributed by atoms with van der Waals surface area (Å²) in [4.78, 5) is 15.4. The molecule has 2 aromatic rings. The standard InChI is InChI=1S/C27H34N2O5/c1-27(2)16-33-23-13-18(20-8-6-19(31-3)14-22(20)32-4)5-7-21(23)25(27)28-26(30)34-24-15-29-11-9-17(24)10-12-29/h5-8,13-14,17,24-25H,9-12,15-16H2,1-4H3,(H,28,30)/t24-,25?/m1/s1. The van der Waals surface area contributed by atoms with Gasteiger partial charge in [-0.15, -0.1) is 0 Å². The van der Waals surface area contributed by atoms with Gasteiger partial charge in [-0.1, -0.05) is 26.0 Å². The zero-order chi connectivity index (χ0) is 23.9. The number of rotatable bonds is 5. The second kappa shape index (κ2) is 9.02. The summed E-state index contributed by atoms with van der Waals surface area (Å²) in [5.41, 5.74) is 2.61. The third-order valence-electron chi connectivity index (χ3n) is 7.54. The summed E-state index contributed by atoms with van der Waals surface area (Å²) in [5.74, 6) is 2.71. The maximum atomic E-state index is 13.0. The minimum atomic E-state index is -0.342. The van der Waals surface area contributed by atoms with E-state index in [1.165, 1.54) is 0 Å². The molecule has 3 saturated heterocycles. The van der Waals surface area contributed by atoms with Crippen LogP contribution in [0, 0.1) is 11.3 Å². The summed E-state index contributed by atoms with van der Waals surface area (Å²) >= 11 is 0. The van der Waals surface area contributed by atoms with Gasteiger partial charge in [-0.2, -0.15) is 0 Å². The zero-order valence-electron chi connectivity index (χ0n) is 20.4. The molecule has 0 aliphatic carbocycles. The molecule has 6 rings (SSSR count). The van der Waals surface area contributed by atoms with E-state index in [-0.39, 0.29) is 23.7 Å². The van der Waals surface area contributed by atoms with Gasteiger partial charge in [0.25, 0.3) is 0 Å². The highest BCUT2D eigenvalue weighted by atomic mass is 16.6. The van der Waals surface area contributed by atoms with Gasteiger partial charge in [-0.05, 0) is 55.6 Å². The van der Waals surface area contributed by atoms with Crippen molar-refractivity contribution in [3.8, 4) is 28.4 Å². The van der Waals surface area contributed by atoms with Gasteiger partial charge < -0.3 is 24.3 Å². The van der Waals surface area contributed by atoms with Gasteiger partial charge in [0.15, 0.2) is 0 Å². The molecule has 7 nitrogen and oxygen atoms in total. The number of nitrogens with one attached hydrogen (secondary N) is 1. The molecule has 0 radical (unpaired) electrons. The van der Waals surface area contributed by atoms with Crippen molar-refractivity contribution in [3.63, 3.8) is 0 Å². The monoisotopic (exact) mass is 466 g/mol. The average molecular weight is 467 g/mol. The van der Waals surface area contributed by atoms with Crippen molar-refractivity contribution in [2.75, 3.05) is 40.5 Å². The van der Waals surface area contributed by atoms with Crippen LogP contribution in [0.3, 0.4) is 0 Å². The Morgan fingerprint density at radius 3 is 2.56 bits per heavy atom. The average Bonchev–Trinajstić information content (AvgIpc) is 2.86. The number of hydrogen-bond acceptors (Lipinski definition) is 6. The predicted molar refractivity (Wildman–Crippen MR) is 130 cm³/mol. The smallest absolute Gasteiger partial charge is 0.407 e. The first-order chi connectivity index (χ1) is 16.4. The molecule has 2 aromatic carbocycles. The molecular weight excluding hydrogens is 432 g/mol. The normalized spacial score (nSPS) is 26.7. The molecule has 4 aliphatic rings. The van der Waals surface area contributed by atoms with Crippen LogP contribution < -0.4 is 19.5 Å². The fraction of sp³-hybridized carbons (Fsp3) is 0.519. The van der Waals surface area contributed by atoms with Gasteiger partial charge in [-0.3, -0.25) is 4.90 Å². The van der Waals surface area contributed by atoms with Crippen molar-refractivity contribution in [1.82, 2.24) is 10.2 Å². The Bertz CT molecular complexity index is 1060. The number of piperidine rings is 3. The van der Waals surface area contributed by atoms with Crippen LogP contribution in [0.2, 0.25) is 0 Å². The largest absolute Gasteiger partial charge is 0.497 e. The highest BCUT2D eigenvalue weighted by Gasteiger charge is 2.41. The molecule has 0 spiro atoms. The number of fused-ring (bicyclic) bond motifs is 4. The molecule has 1 N–H and O–H groups in total. The van der Waals surface area contributed by atoms with Crippen LogP contribution in [0.5, 0.6) is 17.2 Å². The number of carbonyl (C=O) groups is 1. The number of hydrogen-bond donors (Lipinski definition) is 1. The van der Waals surface area contributed by atoms with E-state index in [1.54, 1.807) is 14.2 Å². The molecule has 7 heteroatoms. The molecule has 4 heterocycles. The number of methoxy groups -OCH3 is 2. The van der Waals surface area contributed by atoms with Crippen LogP contribution in [0.15, 0.2) is 36.4 Å². The van der Waals surface area contributed by atoms with Gasteiger partial charge in [0, 0.05) is 29.2 Å². The Morgan fingerprint density at radius 1 is 1.09 bits per heavy atom. The van der Waals surface area contributed by atoms with Crippen LogP contribution in [-0.2, 0) is 4.74 Å². The van der Waals surface area contributed by atoms with E-state index in [1.807, 2.05) is 36.4 Å². The van der Waals surface area contributed by atoms with E-state index in [0.717, 1.165) is 66.4 Å². The predicted octanol–water partition coefficient (Wildman–Crippen LogP) is 4.65. The molecule has 1 amide bonds. The second-order valence-corrected chi connectivity index (χ2v) is 10.3. The lowest BCUT2D eigenvalue weighted by molar-refractivity contribution is -0.0361. The number of benzene rings is 2. The molecule has 2 bridgehead atoms. The molecule has 0 aromatic heterocycles. The quantitative estimate of drug-likeness (QED) is 0.692. The van der Waals surface area contributed by atoms with Crippen molar-refractivity contribution in [2.24, 2.45) is 11.3 Å². The van der Waals surface area contributed by atoms with E-state index >= 15 is 0 Å². The summed E-state index contributed by atoms with van der Waals surface area (Å²) in [7, 11) is 3.29. The van der Waals surface area contributed by atoms with Crippen molar-refractivity contribution >= 4 is 6.09 Å². The highest BCUT2D eigenvalue weighted by Crippen LogP contribution is 2.45. The van der Waals surface area contributed by atoms with Gasteiger partial charge >= 0.3 is 6.09 Å². The molecule has 182 valence electrons.